The van der Waals surface area contributed by atoms with Crippen LogP contribution in [0.15, 0.2) is 84.1 Å². The zero-order valence-corrected chi connectivity index (χ0v) is 18.1. The average molecular weight is 439 g/mol. The first kappa shape index (κ1) is 19.7. The van der Waals surface area contributed by atoms with Crippen LogP contribution in [0.3, 0.4) is 0 Å². The fourth-order valence-electron chi connectivity index (χ4n) is 5.10. The summed E-state index contributed by atoms with van der Waals surface area (Å²) in [7, 11) is 1.64. The van der Waals surface area contributed by atoms with E-state index in [1.54, 1.807) is 19.2 Å². The third-order valence-electron chi connectivity index (χ3n) is 6.67. The lowest BCUT2D eigenvalue weighted by molar-refractivity contribution is -0.116. The van der Waals surface area contributed by atoms with Crippen LogP contribution in [0.1, 0.15) is 35.9 Å². The number of hydrogen-bond acceptors (Lipinski definition) is 4. The van der Waals surface area contributed by atoms with Crippen molar-refractivity contribution >= 4 is 22.8 Å². The number of methoxy groups -OCH3 is 1. The zero-order valence-electron chi connectivity index (χ0n) is 18.1. The van der Waals surface area contributed by atoms with Crippen LogP contribution < -0.4 is 10.1 Å². The molecule has 2 heterocycles. The van der Waals surface area contributed by atoms with Gasteiger partial charge >= 0.3 is 0 Å². The van der Waals surface area contributed by atoms with Crippen molar-refractivity contribution < 1.29 is 13.9 Å². The highest BCUT2D eigenvalue weighted by Gasteiger charge is 2.39. The number of para-hydroxylation sites is 2. The van der Waals surface area contributed by atoms with Crippen molar-refractivity contribution in [3.05, 3.63) is 101 Å². The normalized spacial score (nSPS) is 19.8. The molecule has 0 amide bonds. The maximum absolute atomic E-state index is 13.7. The van der Waals surface area contributed by atoms with Crippen LogP contribution in [-0.4, -0.2) is 22.4 Å². The Morgan fingerprint density at radius 1 is 0.970 bits per heavy atom. The molecule has 6 heteroatoms. The lowest BCUT2D eigenvalue weighted by Gasteiger charge is -2.36. The molecule has 1 N–H and O–H groups in total. The van der Waals surface area contributed by atoms with Crippen LogP contribution in [0.4, 0.5) is 10.3 Å². The summed E-state index contributed by atoms with van der Waals surface area (Å²) in [5.41, 5.74) is 5.39. The molecule has 0 fully saturated rings. The number of rotatable bonds is 3. The first-order valence-corrected chi connectivity index (χ1v) is 11.0. The van der Waals surface area contributed by atoms with Gasteiger partial charge in [0.1, 0.15) is 11.6 Å². The number of anilines is 1. The zero-order chi connectivity index (χ0) is 22.5. The molecule has 164 valence electrons. The van der Waals surface area contributed by atoms with Crippen LogP contribution in [0.2, 0.25) is 0 Å². The highest BCUT2D eigenvalue weighted by molar-refractivity contribution is 6.01. The van der Waals surface area contributed by atoms with Gasteiger partial charge in [0.15, 0.2) is 5.78 Å². The first-order valence-electron chi connectivity index (χ1n) is 11.0. The SMILES string of the molecule is COc1ccc([C@@H]2CC(=O)C3=C(C2)Nc2nc4ccccc4n2[C@H]3c2ccc(F)cc2)cc1. The summed E-state index contributed by atoms with van der Waals surface area (Å²) < 4.78 is 21.1. The van der Waals surface area contributed by atoms with Crippen molar-refractivity contribution in [1.82, 2.24) is 9.55 Å². The molecular formula is C27H22FN3O2. The molecule has 0 saturated carbocycles. The Balaban J connectivity index is 1.48. The van der Waals surface area contributed by atoms with Crippen LogP contribution in [0.25, 0.3) is 11.0 Å². The molecular weight excluding hydrogens is 417 g/mol. The van der Waals surface area contributed by atoms with Gasteiger partial charge in [-0.2, -0.15) is 0 Å². The van der Waals surface area contributed by atoms with Crippen molar-refractivity contribution in [2.45, 2.75) is 24.8 Å². The molecule has 1 aliphatic carbocycles. The van der Waals surface area contributed by atoms with E-state index in [9.17, 15) is 9.18 Å². The minimum absolute atomic E-state index is 0.0689. The number of imidazole rings is 1. The monoisotopic (exact) mass is 439 g/mol. The van der Waals surface area contributed by atoms with Gasteiger partial charge in [-0.1, -0.05) is 36.4 Å². The number of Topliss-reactive ketones (excluding diaryl/α,β-unsaturated/α-hetero) is 1. The van der Waals surface area contributed by atoms with Crippen LogP contribution in [-0.2, 0) is 4.79 Å². The van der Waals surface area contributed by atoms with Gasteiger partial charge in [0.05, 0.1) is 24.2 Å². The molecule has 33 heavy (non-hydrogen) atoms. The quantitative estimate of drug-likeness (QED) is 0.452. The van der Waals surface area contributed by atoms with E-state index in [0.717, 1.165) is 39.2 Å². The number of hydrogen-bond donors (Lipinski definition) is 1. The summed E-state index contributed by atoms with van der Waals surface area (Å²) in [5.74, 6) is 1.36. The Kier molecular flexibility index (Phi) is 4.54. The van der Waals surface area contributed by atoms with E-state index < -0.39 is 0 Å². The lowest BCUT2D eigenvalue weighted by Crippen LogP contribution is -2.33. The van der Waals surface area contributed by atoms with Crippen molar-refractivity contribution in [2.24, 2.45) is 0 Å². The Labute approximate surface area is 190 Å². The van der Waals surface area contributed by atoms with Crippen LogP contribution in [0.5, 0.6) is 5.75 Å². The van der Waals surface area contributed by atoms with E-state index in [2.05, 4.69) is 9.88 Å². The van der Waals surface area contributed by atoms with Crippen LogP contribution in [0, 0.1) is 5.82 Å². The van der Waals surface area contributed by atoms with Gasteiger partial charge in [0, 0.05) is 17.7 Å². The Hall–Kier alpha value is -3.93. The minimum Gasteiger partial charge on any atom is -0.497 e. The fourth-order valence-corrected chi connectivity index (χ4v) is 5.10. The highest BCUT2D eigenvalue weighted by Crippen LogP contribution is 2.46. The Morgan fingerprint density at radius 2 is 1.70 bits per heavy atom. The number of fused-ring (bicyclic) bond motifs is 3. The molecule has 6 rings (SSSR count). The van der Waals surface area contributed by atoms with E-state index in [1.165, 1.54) is 12.1 Å². The number of halogens is 1. The number of ketones is 1. The summed E-state index contributed by atoms with van der Waals surface area (Å²) in [6.07, 6.45) is 1.13. The molecule has 0 saturated heterocycles. The summed E-state index contributed by atoms with van der Waals surface area (Å²) in [6, 6.07) is 21.9. The second kappa shape index (κ2) is 7.59. The molecule has 1 aliphatic heterocycles. The maximum Gasteiger partial charge on any atom is 0.209 e. The minimum atomic E-state index is -0.353. The lowest BCUT2D eigenvalue weighted by atomic mass is 9.77. The van der Waals surface area contributed by atoms with Crippen molar-refractivity contribution in [3.63, 3.8) is 0 Å². The van der Waals surface area contributed by atoms with Crippen molar-refractivity contribution in [2.75, 3.05) is 12.4 Å². The standard InChI is InChI=1S/C27H22FN3O2/c1-33-20-12-8-16(9-13-20)18-14-22-25(24(32)15-18)26(17-6-10-19(28)11-7-17)31-23-5-3-2-4-21(23)29-27(31)30-22/h2-13,18,26H,14-15H2,1H3,(H,29,30)/t18-,26-/m0/s1. The van der Waals surface area contributed by atoms with Gasteiger partial charge in [-0.05, 0) is 59.9 Å². The topological polar surface area (TPSA) is 56.1 Å². The summed E-state index contributed by atoms with van der Waals surface area (Å²) >= 11 is 0. The number of nitrogens with one attached hydrogen (secondary N) is 1. The molecule has 4 aromatic rings. The molecule has 0 unspecified atom stereocenters. The Morgan fingerprint density at radius 3 is 2.45 bits per heavy atom. The third kappa shape index (κ3) is 3.21. The number of benzene rings is 3. The van der Waals surface area contributed by atoms with Gasteiger partial charge in [-0.3, -0.25) is 9.36 Å². The average Bonchev–Trinajstić information content (AvgIpc) is 3.21. The molecule has 2 aliphatic rings. The fraction of sp³-hybridized carbons (Fsp3) is 0.185. The highest BCUT2D eigenvalue weighted by atomic mass is 19.1. The first-order chi connectivity index (χ1) is 16.1. The van der Waals surface area contributed by atoms with Crippen LogP contribution >= 0.6 is 0 Å². The molecule has 0 spiro atoms. The predicted octanol–water partition coefficient (Wildman–Crippen LogP) is 5.60. The second-order valence-electron chi connectivity index (χ2n) is 8.57. The van der Waals surface area contributed by atoms with Gasteiger partial charge < -0.3 is 10.1 Å². The Bertz CT molecular complexity index is 1400. The third-order valence-corrected chi connectivity index (χ3v) is 6.67. The van der Waals surface area contributed by atoms with E-state index in [-0.39, 0.29) is 23.6 Å². The maximum atomic E-state index is 13.7. The summed E-state index contributed by atoms with van der Waals surface area (Å²) in [6.45, 7) is 0. The smallest absolute Gasteiger partial charge is 0.209 e. The molecule has 0 bridgehead atoms. The number of nitrogens with zero attached hydrogens (tertiary/aromatic N) is 2. The van der Waals surface area contributed by atoms with Crippen molar-refractivity contribution in [1.29, 1.82) is 0 Å². The van der Waals surface area contributed by atoms with Gasteiger partial charge in [-0.15, -0.1) is 0 Å². The number of carbonyl (C=O) groups is 1. The van der Waals surface area contributed by atoms with Gasteiger partial charge in [0.2, 0.25) is 5.95 Å². The van der Waals surface area contributed by atoms with Gasteiger partial charge in [0.25, 0.3) is 0 Å². The van der Waals surface area contributed by atoms with Crippen molar-refractivity contribution in [3.8, 4) is 5.75 Å². The molecule has 5 nitrogen and oxygen atoms in total. The number of ether oxygens (including phenoxy) is 1. The molecule has 3 aromatic carbocycles. The number of allylic oxidation sites excluding steroid dienone is 2. The second-order valence-corrected chi connectivity index (χ2v) is 8.57. The van der Waals surface area contributed by atoms with E-state index in [0.29, 0.717) is 18.8 Å². The van der Waals surface area contributed by atoms with E-state index in [1.807, 2.05) is 48.5 Å². The summed E-state index contributed by atoms with van der Waals surface area (Å²) in [4.78, 5) is 18.4. The van der Waals surface area contributed by atoms with Gasteiger partial charge in [-0.25, -0.2) is 9.37 Å². The van der Waals surface area contributed by atoms with E-state index >= 15 is 0 Å². The molecule has 2 atom stereocenters. The molecule has 1 aromatic heterocycles. The molecule has 0 radical (unpaired) electrons. The predicted molar refractivity (Wildman–Crippen MR) is 125 cm³/mol. The number of carbonyl (C=O) groups excluding carboxylic acids is 1. The largest absolute Gasteiger partial charge is 0.497 e. The van der Waals surface area contributed by atoms with E-state index in [4.69, 9.17) is 9.72 Å². The summed E-state index contributed by atoms with van der Waals surface area (Å²) in [5, 5.41) is 3.46. The number of aromatic nitrogens is 2.